The average Bonchev–Trinajstić information content (AvgIpc) is 3.15. The summed E-state index contributed by atoms with van der Waals surface area (Å²) in [5.41, 5.74) is 1.97. The molecule has 0 radical (unpaired) electrons. The Bertz CT molecular complexity index is 1330. The second-order valence-electron chi connectivity index (χ2n) is 10.1. The number of halogens is 1. The van der Waals surface area contributed by atoms with Crippen LogP contribution in [0.5, 0.6) is 0 Å². The van der Waals surface area contributed by atoms with Gasteiger partial charge >= 0.3 is 17.9 Å². The van der Waals surface area contributed by atoms with E-state index in [4.69, 9.17) is 20.4 Å². The number of aromatic nitrogens is 1. The molecular formula is C28H33FN2O8. The van der Waals surface area contributed by atoms with Crippen molar-refractivity contribution in [1.82, 2.24) is 9.88 Å². The zero-order chi connectivity index (χ0) is 29.0. The molecule has 1 aliphatic heterocycles. The van der Waals surface area contributed by atoms with Crippen molar-refractivity contribution < 1.29 is 44.3 Å². The van der Waals surface area contributed by atoms with Gasteiger partial charge in [-0.15, -0.1) is 0 Å². The third kappa shape index (κ3) is 7.41. The highest BCUT2D eigenvalue weighted by Crippen LogP contribution is 2.34. The van der Waals surface area contributed by atoms with Gasteiger partial charge in [-0.25, -0.2) is 9.18 Å². The molecule has 3 aromatic rings. The Morgan fingerprint density at radius 3 is 2.05 bits per heavy atom. The van der Waals surface area contributed by atoms with E-state index in [9.17, 15) is 23.9 Å². The Balaban J connectivity index is 0.000000276. The highest BCUT2D eigenvalue weighted by molar-refractivity contribution is 5.88. The molecule has 2 heterocycles. The largest absolute Gasteiger partial charge is 0.481 e. The number of H-pyrrole nitrogens is 1. The first-order valence-corrected chi connectivity index (χ1v) is 12.4. The number of nitrogens with one attached hydrogen (secondary N) is 1. The normalized spacial score (nSPS) is 15.4. The van der Waals surface area contributed by atoms with Gasteiger partial charge < -0.3 is 30.5 Å². The second-order valence-corrected chi connectivity index (χ2v) is 10.1. The van der Waals surface area contributed by atoms with Crippen LogP contribution in [-0.2, 0) is 26.5 Å². The number of aliphatic carboxylic acids is 3. The van der Waals surface area contributed by atoms with Crippen molar-refractivity contribution in [2.75, 3.05) is 13.1 Å². The van der Waals surface area contributed by atoms with Gasteiger partial charge in [0.25, 0.3) is 0 Å². The Labute approximate surface area is 224 Å². The lowest BCUT2D eigenvalue weighted by Crippen LogP contribution is -2.42. The van der Waals surface area contributed by atoms with Crippen molar-refractivity contribution in [1.29, 1.82) is 0 Å². The molecule has 0 spiro atoms. The van der Waals surface area contributed by atoms with Crippen LogP contribution >= 0.6 is 0 Å². The number of hydrogen-bond donors (Lipinski definition) is 6. The lowest BCUT2D eigenvalue weighted by Gasteiger charge is -2.38. The summed E-state index contributed by atoms with van der Waals surface area (Å²) in [5.74, 6) is -5.22. The molecule has 0 amide bonds. The van der Waals surface area contributed by atoms with Crippen LogP contribution in [0.1, 0.15) is 48.1 Å². The number of aryl methyl sites for hydroxylation is 2. The molecule has 2 aromatic carbocycles. The third-order valence-electron chi connectivity index (χ3n) is 7.06. The van der Waals surface area contributed by atoms with E-state index < -0.39 is 42.0 Å². The molecule has 0 atom stereocenters. The van der Waals surface area contributed by atoms with Gasteiger partial charge in [-0.05, 0) is 56.0 Å². The van der Waals surface area contributed by atoms with Crippen molar-refractivity contribution in [2.24, 2.45) is 0 Å². The molecule has 1 fully saturated rings. The monoisotopic (exact) mass is 544 g/mol. The number of carboxylic acid groups (broad SMARTS) is 3. The predicted octanol–water partition coefficient (Wildman–Crippen LogP) is 3.16. The summed E-state index contributed by atoms with van der Waals surface area (Å²) in [7, 11) is 0. The lowest BCUT2D eigenvalue weighted by atomic mass is 9.84. The van der Waals surface area contributed by atoms with Gasteiger partial charge in [-0.1, -0.05) is 29.8 Å². The van der Waals surface area contributed by atoms with Crippen LogP contribution in [-0.4, -0.2) is 72.0 Å². The Hall–Kier alpha value is -3.80. The second kappa shape index (κ2) is 11.9. The SMILES string of the molecule is Cc1ccc(C2(O)CCN(Cc3[nH]c4ccc(F)cc4c3C)CC2)cc1.O=C(O)CC(O)(CC(=O)O)C(=O)O. The van der Waals surface area contributed by atoms with E-state index in [1.807, 2.05) is 19.1 Å². The number of benzene rings is 2. The standard InChI is InChI=1S/C22H25FN2O.C6H8O7/c1-15-3-5-17(6-4-15)22(26)9-11-25(12-10-22)14-21-16(2)19-13-18(23)7-8-20(19)24-21;7-3(8)1-6(13,5(11)12)2-4(9)10/h3-8,13,24,26H,9-12,14H2,1-2H3;13H,1-2H2,(H,7,8)(H,9,10)(H,11,12). The maximum Gasteiger partial charge on any atom is 0.336 e. The summed E-state index contributed by atoms with van der Waals surface area (Å²) in [5, 5.41) is 45.8. The number of aromatic amines is 1. The first-order chi connectivity index (χ1) is 18.2. The molecule has 0 bridgehead atoms. The molecule has 0 unspecified atom stereocenters. The van der Waals surface area contributed by atoms with E-state index in [-0.39, 0.29) is 5.82 Å². The van der Waals surface area contributed by atoms with Gasteiger partial charge in [0.05, 0.1) is 18.4 Å². The number of piperidine rings is 1. The Morgan fingerprint density at radius 1 is 0.974 bits per heavy atom. The molecule has 11 heteroatoms. The van der Waals surface area contributed by atoms with Crippen molar-refractivity contribution in [3.63, 3.8) is 0 Å². The van der Waals surface area contributed by atoms with Crippen LogP contribution in [0.25, 0.3) is 10.9 Å². The Kier molecular flexibility index (Phi) is 9.10. The van der Waals surface area contributed by atoms with E-state index >= 15 is 0 Å². The topological polar surface area (TPSA) is 171 Å². The zero-order valence-corrected chi connectivity index (χ0v) is 21.8. The summed E-state index contributed by atoms with van der Waals surface area (Å²) in [6, 6.07) is 13.1. The third-order valence-corrected chi connectivity index (χ3v) is 7.06. The van der Waals surface area contributed by atoms with E-state index in [1.165, 1.54) is 11.6 Å². The highest BCUT2D eigenvalue weighted by Gasteiger charge is 2.40. The predicted molar refractivity (Wildman–Crippen MR) is 140 cm³/mol. The molecule has 1 aromatic heterocycles. The molecule has 1 aliphatic rings. The summed E-state index contributed by atoms with van der Waals surface area (Å²) < 4.78 is 13.5. The number of aliphatic hydroxyl groups is 2. The quantitative estimate of drug-likeness (QED) is 0.249. The van der Waals surface area contributed by atoms with Crippen LogP contribution in [0, 0.1) is 19.7 Å². The molecule has 210 valence electrons. The molecule has 4 rings (SSSR count). The van der Waals surface area contributed by atoms with Crippen LogP contribution in [0.4, 0.5) is 4.39 Å². The number of hydrogen-bond acceptors (Lipinski definition) is 6. The first-order valence-electron chi connectivity index (χ1n) is 12.4. The highest BCUT2D eigenvalue weighted by atomic mass is 19.1. The van der Waals surface area contributed by atoms with Crippen LogP contribution in [0.2, 0.25) is 0 Å². The van der Waals surface area contributed by atoms with Crippen LogP contribution < -0.4 is 0 Å². The average molecular weight is 545 g/mol. The van der Waals surface area contributed by atoms with Crippen LogP contribution in [0.3, 0.4) is 0 Å². The molecule has 0 saturated carbocycles. The summed E-state index contributed by atoms with van der Waals surface area (Å²) in [4.78, 5) is 36.3. The minimum atomic E-state index is -2.74. The zero-order valence-electron chi connectivity index (χ0n) is 21.8. The van der Waals surface area contributed by atoms with Crippen molar-refractivity contribution >= 4 is 28.8 Å². The fraction of sp³-hybridized carbons (Fsp3) is 0.393. The number of carbonyl (C=O) groups is 3. The number of fused-ring (bicyclic) bond motifs is 1. The molecule has 1 saturated heterocycles. The van der Waals surface area contributed by atoms with Crippen molar-refractivity contribution in [3.8, 4) is 0 Å². The van der Waals surface area contributed by atoms with Crippen molar-refractivity contribution in [2.45, 2.75) is 57.3 Å². The van der Waals surface area contributed by atoms with E-state index in [1.54, 1.807) is 12.1 Å². The van der Waals surface area contributed by atoms with Crippen molar-refractivity contribution in [3.05, 3.63) is 70.7 Å². The molecular weight excluding hydrogens is 511 g/mol. The fourth-order valence-electron chi connectivity index (χ4n) is 4.68. The minimum Gasteiger partial charge on any atom is -0.481 e. The Morgan fingerprint density at radius 2 is 1.54 bits per heavy atom. The van der Waals surface area contributed by atoms with Gasteiger partial charge in [-0.3, -0.25) is 14.5 Å². The molecule has 39 heavy (non-hydrogen) atoms. The maximum absolute atomic E-state index is 13.5. The summed E-state index contributed by atoms with van der Waals surface area (Å²) in [6.45, 7) is 6.58. The molecule has 0 aliphatic carbocycles. The molecule has 6 N–H and O–H groups in total. The summed E-state index contributed by atoms with van der Waals surface area (Å²) >= 11 is 0. The fourth-order valence-corrected chi connectivity index (χ4v) is 4.68. The maximum atomic E-state index is 13.5. The van der Waals surface area contributed by atoms with E-state index in [0.717, 1.165) is 60.2 Å². The lowest BCUT2D eigenvalue weighted by molar-refractivity contribution is -0.170. The van der Waals surface area contributed by atoms with Gasteiger partial charge in [0.1, 0.15) is 5.82 Å². The van der Waals surface area contributed by atoms with Gasteiger partial charge in [-0.2, -0.15) is 0 Å². The number of rotatable bonds is 8. The van der Waals surface area contributed by atoms with E-state index in [2.05, 4.69) is 28.9 Å². The smallest absolute Gasteiger partial charge is 0.336 e. The number of nitrogens with zero attached hydrogens (tertiary/aromatic N) is 1. The van der Waals surface area contributed by atoms with Gasteiger partial charge in [0.2, 0.25) is 0 Å². The summed E-state index contributed by atoms with van der Waals surface area (Å²) in [6.07, 6.45) is -0.836. The van der Waals surface area contributed by atoms with Gasteiger partial charge in [0.15, 0.2) is 5.60 Å². The van der Waals surface area contributed by atoms with Gasteiger partial charge in [0, 0.05) is 36.2 Å². The molecule has 10 nitrogen and oxygen atoms in total. The van der Waals surface area contributed by atoms with Crippen LogP contribution in [0.15, 0.2) is 42.5 Å². The first kappa shape index (κ1) is 29.8. The minimum absolute atomic E-state index is 0.202. The van der Waals surface area contributed by atoms with E-state index in [0.29, 0.717) is 0 Å². The number of carboxylic acids is 3. The number of likely N-dealkylation sites (tertiary alicyclic amines) is 1.